The summed E-state index contributed by atoms with van der Waals surface area (Å²) < 4.78 is 0. The SMILES string of the molecule is CC1CC(C(=O)Nc2ncc(C3CCCCC3)s2)C1. The van der Waals surface area contributed by atoms with Gasteiger partial charge in [0.05, 0.1) is 0 Å². The molecule has 1 N–H and O–H groups in total. The third-order valence-electron chi connectivity index (χ3n) is 4.51. The van der Waals surface area contributed by atoms with E-state index in [-0.39, 0.29) is 11.8 Å². The molecule has 0 radical (unpaired) electrons. The molecule has 1 heterocycles. The first kappa shape index (κ1) is 13.1. The van der Waals surface area contributed by atoms with E-state index in [1.54, 1.807) is 11.3 Å². The van der Waals surface area contributed by atoms with Gasteiger partial charge in [0.1, 0.15) is 0 Å². The maximum Gasteiger partial charge on any atom is 0.229 e. The van der Waals surface area contributed by atoms with E-state index in [2.05, 4.69) is 17.2 Å². The van der Waals surface area contributed by atoms with Crippen molar-refractivity contribution >= 4 is 22.4 Å². The molecule has 2 aliphatic carbocycles. The lowest BCUT2D eigenvalue weighted by Gasteiger charge is -2.30. The topological polar surface area (TPSA) is 42.0 Å². The summed E-state index contributed by atoms with van der Waals surface area (Å²) in [6, 6.07) is 0. The molecule has 0 aromatic carbocycles. The van der Waals surface area contributed by atoms with Gasteiger partial charge in [-0.15, -0.1) is 11.3 Å². The number of amides is 1. The number of hydrogen-bond acceptors (Lipinski definition) is 3. The number of rotatable bonds is 3. The highest BCUT2D eigenvalue weighted by atomic mass is 32.1. The van der Waals surface area contributed by atoms with Crippen molar-refractivity contribution < 1.29 is 4.79 Å². The Morgan fingerprint density at radius 3 is 2.74 bits per heavy atom. The van der Waals surface area contributed by atoms with Crippen LogP contribution in [0.5, 0.6) is 0 Å². The zero-order chi connectivity index (χ0) is 13.2. The van der Waals surface area contributed by atoms with E-state index in [9.17, 15) is 4.79 Å². The van der Waals surface area contributed by atoms with E-state index < -0.39 is 0 Å². The zero-order valence-electron chi connectivity index (χ0n) is 11.5. The molecule has 0 spiro atoms. The van der Waals surface area contributed by atoms with Gasteiger partial charge >= 0.3 is 0 Å². The lowest BCUT2D eigenvalue weighted by atomic mass is 9.76. The minimum Gasteiger partial charge on any atom is -0.302 e. The minimum atomic E-state index is 0.169. The van der Waals surface area contributed by atoms with Gasteiger partial charge in [0.25, 0.3) is 0 Å². The number of nitrogens with zero attached hydrogens (tertiary/aromatic N) is 1. The molecule has 1 amide bonds. The van der Waals surface area contributed by atoms with Crippen molar-refractivity contribution in [1.29, 1.82) is 0 Å². The molecule has 1 aromatic rings. The van der Waals surface area contributed by atoms with Gasteiger partial charge in [0.15, 0.2) is 5.13 Å². The summed E-state index contributed by atoms with van der Waals surface area (Å²) in [6.45, 7) is 2.20. The number of thiazole rings is 1. The fourth-order valence-electron chi connectivity index (χ4n) is 3.24. The van der Waals surface area contributed by atoms with E-state index in [0.29, 0.717) is 11.8 Å². The third kappa shape index (κ3) is 2.99. The quantitative estimate of drug-likeness (QED) is 0.901. The van der Waals surface area contributed by atoms with Crippen LogP contribution in [-0.4, -0.2) is 10.9 Å². The van der Waals surface area contributed by atoms with Crippen LogP contribution >= 0.6 is 11.3 Å². The molecular weight excluding hydrogens is 256 g/mol. The van der Waals surface area contributed by atoms with Gasteiger partial charge in [-0.1, -0.05) is 26.2 Å². The van der Waals surface area contributed by atoms with Crippen molar-refractivity contribution in [2.24, 2.45) is 11.8 Å². The normalized spacial score (nSPS) is 27.8. The molecule has 2 aliphatic rings. The summed E-state index contributed by atoms with van der Waals surface area (Å²) in [4.78, 5) is 17.7. The summed E-state index contributed by atoms with van der Waals surface area (Å²) in [5.41, 5.74) is 0. The van der Waals surface area contributed by atoms with Gasteiger partial charge in [-0.05, 0) is 37.5 Å². The van der Waals surface area contributed by atoms with Crippen LogP contribution in [0.15, 0.2) is 6.20 Å². The number of carbonyl (C=O) groups is 1. The van der Waals surface area contributed by atoms with Crippen molar-refractivity contribution in [3.05, 3.63) is 11.1 Å². The van der Waals surface area contributed by atoms with Crippen LogP contribution in [-0.2, 0) is 4.79 Å². The molecule has 0 bridgehead atoms. The second-order valence-corrected chi connectivity index (χ2v) is 7.23. The number of aromatic nitrogens is 1. The number of carbonyl (C=O) groups excluding carboxylic acids is 1. The molecule has 3 nitrogen and oxygen atoms in total. The maximum absolute atomic E-state index is 12.0. The standard InChI is InChI=1S/C15H22N2OS/c1-10-7-12(8-10)14(18)17-15-16-9-13(19-15)11-5-3-2-4-6-11/h9-12H,2-8H2,1H3,(H,16,17,18). The fraction of sp³-hybridized carbons (Fsp3) is 0.733. The lowest BCUT2D eigenvalue weighted by Crippen LogP contribution is -2.33. The number of hydrogen-bond donors (Lipinski definition) is 1. The van der Waals surface area contributed by atoms with Crippen LogP contribution in [0, 0.1) is 11.8 Å². The third-order valence-corrected chi connectivity index (χ3v) is 5.58. The maximum atomic E-state index is 12.0. The average Bonchev–Trinajstić information content (AvgIpc) is 2.84. The van der Waals surface area contributed by atoms with Crippen LogP contribution in [0.3, 0.4) is 0 Å². The van der Waals surface area contributed by atoms with Gasteiger partial charge in [-0.3, -0.25) is 4.79 Å². The van der Waals surface area contributed by atoms with Crippen molar-refractivity contribution in [1.82, 2.24) is 4.98 Å². The van der Waals surface area contributed by atoms with Gasteiger partial charge < -0.3 is 5.32 Å². The van der Waals surface area contributed by atoms with Gasteiger partial charge in [0.2, 0.25) is 5.91 Å². The van der Waals surface area contributed by atoms with Crippen LogP contribution in [0.4, 0.5) is 5.13 Å². The number of anilines is 1. The van der Waals surface area contributed by atoms with Gasteiger partial charge in [-0.25, -0.2) is 4.98 Å². The average molecular weight is 278 g/mol. The van der Waals surface area contributed by atoms with Crippen LogP contribution in [0.25, 0.3) is 0 Å². The van der Waals surface area contributed by atoms with E-state index in [0.717, 1.165) is 18.0 Å². The van der Waals surface area contributed by atoms with E-state index in [1.165, 1.54) is 37.0 Å². The molecular formula is C15H22N2OS. The summed E-state index contributed by atoms with van der Waals surface area (Å²) in [7, 11) is 0. The van der Waals surface area contributed by atoms with Crippen LogP contribution < -0.4 is 5.32 Å². The molecule has 19 heavy (non-hydrogen) atoms. The first-order valence-electron chi connectivity index (χ1n) is 7.49. The molecule has 0 saturated heterocycles. The Bertz CT molecular complexity index is 445. The molecule has 104 valence electrons. The second-order valence-electron chi connectivity index (χ2n) is 6.17. The minimum absolute atomic E-state index is 0.169. The highest BCUT2D eigenvalue weighted by Gasteiger charge is 2.31. The molecule has 4 heteroatoms. The Balaban J connectivity index is 1.57. The Kier molecular flexibility index (Phi) is 3.87. The first-order chi connectivity index (χ1) is 9.22. The van der Waals surface area contributed by atoms with E-state index in [1.807, 2.05) is 6.20 Å². The summed E-state index contributed by atoms with van der Waals surface area (Å²) in [5.74, 6) is 1.78. The lowest BCUT2D eigenvalue weighted by molar-refractivity contribution is -0.123. The Morgan fingerprint density at radius 1 is 1.32 bits per heavy atom. The predicted octanol–water partition coefficient (Wildman–Crippen LogP) is 4.18. The summed E-state index contributed by atoms with van der Waals surface area (Å²) in [5, 5.41) is 3.79. The Morgan fingerprint density at radius 2 is 2.05 bits per heavy atom. The van der Waals surface area contributed by atoms with Crippen molar-refractivity contribution in [2.75, 3.05) is 5.32 Å². The molecule has 0 atom stereocenters. The molecule has 0 aliphatic heterocycles. The van der Waals surface area contributed by atoms with E-state index in [4.69, 9.17) is 0 Å². The second kappa shape index (κ2) is 5.61. The monoisotopic (exact) mass is 278 g/mol. The first-order valence-corrected chi connectivity index (χ1v) is 8.30. The summed E-state index contributed by atoms with van der Waals surface area (Å²) in [6.07, 6.45) is 10.7. The van der Waals surface area contributed by atoms with Crippen LogP contribution in [0.2, 0.25) is 0 Å². The van der Waals surface area contributed by atoms with Crippen molar-refractivity contribution in [2.45, 2.75) is 57.8 Å². The van der Waals surface area contributed by atoms with E-state index >= 15 is 0 Å². The fourth-order valence-corrected chi connectivity index (χ4v) is 4.23. The Hall–Kier alpha value is -0.900. The van der Waals surface area contributed by atoms with Gasteiger partial charge in [0, 0.05) is 17.0 Å². The molecule has 0 unspecified atom stereocenters. The van der Waals surface area contributed by atoms with Gasteiger partial charge in [-0.2, -0.15) is 0 Å². The highest BCUT2D eigenvalue weighted by molar-refractivity contribution is 7.15. The smallest absolute Gasteiger partial charge is 0.229 e. The largest absolute Gasteiger partial charge is 0.302 e. The van der Waals surface area contributed by atoms with Crippen LogP contribution in [0.1, 0.15) is 62.7 Å². The summed E-state index contributed by atoms with van der Waals surface area (Å²) >= 11 is 1.68. The van der Waals surface area contributed by atoms with Crippen molar-refractivity contribution in [3.63, 3.8) is 0 Å². The predicted molar refractivity (Wildman–Crippen MR) is 78.5 cm³/mol. The Labute approximate surface area is 118 Å². The number of nitrogens with one attached hydrogen (secondary N) is 1. The van der Waals surface area contributed by atoms with Crippen molar-refractivity contribution in [3.8, 4) is 0 Å². The zero-order valence-corrected chi connectivity index (χ0v) is 12.3. The molecule has 3 rings (SSSR count). The highest BCUT2D eigenvalue weighted by Crippen LogP contribution is 2.37. The molecule has 2 saturated carbocycles. The molecule has 2 fully saturated rings. The molecule has 1 aromatic heterocycles.